The fraction of sp³-hybridized carbons (Fsp3) is 0. The Morgan fingerprint density at radius 3 is 1.59 bits per heavy atom. The summed E-state index contributed by atoms with van der Waals surface area (Å²) in [5.74, 6) is 0. The van der Waals surface area contributed by atoms with Crippen molar-refractivity contribution in [3.8, 4) is 39.1 Å². The van der Waals surface area contributed by atoms with Gasteiger partial charge in [0.05, 0.1) is 16.4 Å². The molecule has 9 aromatic carbocycles. The standard InChI is InChI=1S/C54H35ClN2O/c55-41-32-40(48-35-49-46-20-10-12-22-50(46)57(42-18-8-3-9-19-42)53(49)52-47-21-11-13-23-51(47)58-54(48)52)33-45(34-41)56(43-28-24-38(25-29-43)36-14-4-1-5-15-36)44-30-26-39(27-31-44)37-16-6-2-7-17-37/h1-35H. The summed E-state index contributed by atoms with van der Waals surface area (Å²) >= 11 is 7.20. The summed E-state index contributed by atoms with van der Waals surface area (Å²) in [6.45, 7) is 0. The van der Waals surface area contributed by atoms with Crippen LogP contribution in [0.2, 0.25) is 5.02 Å². The average molecular weight is 763 g/mol. The highest BCUT2D eigenvalue weighted by atomic mass is 35.5. The lowest BCUT2D eigenvalue weighted by Gasteiger charge is -2.27. The van der Waals surface area contributed by atoms with Crippen LogP contribution in [0, 0.1) is 0 Å². The molecule has 0 aliphatic carbocycles. The lowest BCUT2D eigenvalue weighted by atomic mass is 9.97. The first-order valence-electron chi connectivity index (χ1n) is 19.5. The number of benzene rings is 9. The van der Waals surface area contributed by atoms with E-state index in [0.29, 0.717) is 5.02 Å². The van der Waals surface area contributed by atoms with E-state index in [1.54, 1.807) is 0 Å². The van der Waals surface area contributed by atoms with Gasteiger partial charge < -0.3 is 13.9 Å². The SMILES string of the molecule is Clc1cc(-c2cc3c4ccccc4n(-c4ccccc4)c3c3c2oc2ccccc23)cc(N(c2ccc(-c3ccccc3)cc2)c2ccc(-c3ccccc3)cc2)c1. The molecule has 4 heteroatoms. The molecule has 0 fully saturated rings. The highest BCUT2D eigenvalue weighted by molar-refractivity contribution is 6.32. The zero-order chi connectivity index (χ0) is 38.6. The van der Waals surface area contributed by atoms with Gasteiger partial charge in [0.2, 0.25) is 0 Å². The van der Waals surface area contributed by atoms with Gasteiger partial charge in [0.25, 0.3) is 0 Å². The zero-order valence-electron chi connectivity index (χ0n) is 31.4. The number of anilines is 3. The topological polar surface area (TPSA) is 21.3 Å². The van der Waals surface area contributed by atoms with Crippen LogP contribution in [0.3, 0.4) is 0 Å². The maximum Gasteiger partial charge on any atom is 0.145 e. The minimum absolute atomic E-state index is 0.635. The van der Waals surface area contributed by atoms with Crippen LogP contribution < -0.4 is 4.90 Å². The summed E-state index contributed by atoms with van der Waals surface area (Å²) in [6, 6.07) is 74.8. The zero-order valence-corrected chi connectivity index (χ0v) is 32.1. The maximum absolute atomic E-state index is 7.20. The van der Waals surface area contributed by atoms with Crippen LogP contribution in [0.1, 0.15) is 0 Å². The van der Waals surface area contributed by atoms with E-state index in [1.807, 2.05) is 18.2 Å². The molecule has 0 N–H and O–H groups in total. The van der Waals surface area contributed by atoms with Gasteiger partial charge in [0.15, 0.2) is 0 Å². The summed E-state index contributed by atoms with van der Waals surface area (Å²) in [4.78, 5) is 2.29. The van der Waals surface area contributed by atoms with Crippen molar-refractivity contribution in [1.82, 2.24) is 4.57 Å². The smallest absolute Gasteiger partial charge is 0.145 e. The Labute approximate surface area is 341 Å². The van der Waals surface area contributed by atoms with Gasteiger partial charge in [0, 0.05) is 49.5 Å². The van der Waals surface area contributed by atoms with E-state index in [-0.39, 0.29) is 0 Å². The molecule has 3 nitrogen and oxygen atoms in total. The lowest BCUT2D eigenvalue weighted by molar-refractivity contribution is 0.670. The van der Waals surface area contributed by atoms with Crippen LogP contribution >= 0.6 is 11.6 Å². The molecule has 0 amide bonds. The number of fused-ring (bicyclic) bond motifs is 7. The molecular formula is C54H35ClN2O. The quantitative estimate of drug-likeness (QED) is 0.161. The van der Waals surface area contributed by atoms with Crippen LogP contribution in [0.4, 0.5) is 17.1 Å². The second-order valence-electron chi connectivity index (χ2n) is 14.7. The number of aromatic nitrogens is 1. The van der Waals surface area contributed by atoms with Crippen LogP contribution in [-0.2, 0) is 0 Å². The number of furan rings is 1. The molecule has 0 aliphatic rings. The van der Waals surface area contributed by atoms with E-state index in [9.17, 15) is 0 Å². The number of hydrogen-bond acceptors (Lipinski definition) is 2. The number of rotatable bonds is 7. The maximum atomic E-state index is 7.20. The van der Waals surface area contributed by atoms with Gasteiger partial charge in [-0.1, -0.05) is 151 Å². The van der Waals surface area contributed by atoms with E-state index in [4.69, 9.17) is 16.0 Å². The van der Waals surface area contributed by atoms with Crippen molar-refractivity contribution in [2.24, 2.45) is 0 Å². The summed E-state index contributed by atoms with van der Waals surface area (Å²) < 4.78 is 9.26. The summed E-state index contributed by atoms with van der Waals surface area (Å²) in [5, 5.41) is 5.12. The Morgan fingerprint density at radius 2 is 0.948 bits per heavy atom. The van der Waals surface area contributed by atoms with Crippen molar-refractivity contribution >= 4 is 72.4 Å². The molecule has 0 unspecified atom stereocenters. The summed E-state index contributed by atoms with van der Waals surface area (Å²) in [7, 11) is 0. The van der Waals surface area contributed by atoms with Crippen LogP contribution in [0.25, 0.3) is 82.8 Å². The lowest BCUT2D eigenvalue weighted by Crippen LogP contribution is -2.10. The number of para-hydroxylation sites is 3. The van der Waals surface area contributed by atoms with Crippen molar-refractivity contribution in [2.45, 2.75) is 0 Å². The Hall–Kier alpha value is -7.33. The fourth-order valence-electron chi connectivity index (χ4n) is 8.57. The predicted molar refractivity (Wildman–Crippen MR) is 244 cm³/mol. The Bertz CT molecular complexity index is 3180. The Kier molecular flexibility index (Phi) is 8.20. The second kappa shape index (κ2) is 14.0. The molecule has 11 aromatic rings. The van der Waals surface area contributed by atoms with Gasteiger partial charge in [-0.2, -0.15) is 0 Å². The molecule has 2 aromatic heterocycles. The Balaban J connectivity index is 1.14. The molecule has 0 atom stereocenters. The first-order valence-corrected chi connectivity index (χ1v) is 19.9. The summed E-state index contributed by atoms with van der Waals surface area (Å²) in [6.07, 6.45) is 0. The first-order chi connectivity index (χ1) is 28.7. The molecule has 0 aliphatic heterocycles. The largest absolute Gasteiger partial charge is 0.455 e. The monoisotopic (exact) mass is 762 g/mol. The van der Waals surface area contributed by atoms with Crippen molar-refractivity contribution in [3.63, 3.8) is 0 Å². The Morgan fingerprint density at radius 1 is 0.414 bits per heavy atom. The van der Waals surface area contributed by atoms with Gasteiger partial charge in [-0.3, -0.25) is 0 Å². The van der Waals surface area contributed by atoms with Gasteiger partial charge in [-0.15, -0.1) is 0 Å². The van der Waals surface area contributed by atoms with Gasteiger partial charge in [-0.05, 0) is 101 Å². The average Bonchev–Trinajstić information content (AvgIpc) is 3.84. The second-order valence-corrected chi connectivity index (χ2v) is 15.1. The molecule has 0 bridgehead atoms. The minimum Gasteiger partial charge on any atom is -0.455 e. The van der Waals surface area contributed by atoms with E-state index >= 15 is 0 Å². The minimum atomic E-state index is 0.635. The molecule has 0 saturated carbocycles. The molecule has 0 spiro atoms. The van der Waals surface area contributed by atoms with E-state index in [0.717, 1.165) is 83.4 Å². The molecule has 0 saturated heterocycles. The highest BCUT2D eigenvalue weighted by Crippen LogP contribution is 2.47. The van der Waals surface area contributed by atoms with Crippen LogP contribution in [-0.4, -0.2) is 4.57 Å². The highest BCUT2D eigenvalue weighted by Gasteiger charge is 2.24. The molecule has 11 rings (SSSR count). The molecule has 58 heavy (non-hydrogen) atoms. The summed E-state index contributed by atoms with van der Waals surface area (Å²) in [5.41, 5.74) is 14.7. The van der Waals surface area contributed by atoms with Gasteiger partial charge >= 0.3 is 0 Å². The van der Waals surface area contributed by atoms with E-state index in [2.05, 4.69) is 204 Å². The molecule has 0 radical (unpaired) electrons. The third-order valence-electron chi connectivity index (χ3n) is 11.2. The normalized spacial score (nSPS) is 11.5. The van der Waals surface area contributed by atoms with Gasteiger partial charge in [0.1, 0.15) is 11.2 Å². The van der Waals surface area contributed by atoms with Crippen molar-refractivity contribution < 1.29 is 4.42 Å². The predicted octanol–water partition coefficient (Wildman–Crippen LogP) is 15.8. The van der Waals surface area contributed by atoms with Crippen molar-refractivity contribution in [1.29, 1.82) is 0 Å². The first kappa shape index (κ1) is 34.0. The van der Waals surface area contributed by atoms with Crippen LogP contribution in [0.15, 0.2) is 217 Å². The van der Waals surface area contributed by atoms with E-state index < -0.39 is 0 Å². The number of nitrogens with zero attached hydrogens (tertiary/aromatic N) is 2. The van der Waals surface area contributed by atoms with Crippen LogP contribution in [0.5, 0.6) is 0 Å². The fourth-order valence-corrected chi connectivity index (χ4v) is 8.80. The van der Waals surface area contributed by atoms with E-state index in [1.165, 1.54) is 16.5 Å². The third-order valence-corrected chi connectivity index (χ3v) is 11.4. The molecular weight excluding hydrogens is 728 g/mol. The van der Waals surface area contributed by atoms with Gasteiger partial charge in [-0.25, -0.2) is 0 Å². The third kappa shape index (κ3) is 5.75. The van der Waals surface area contributed by atoms with Crippen molar-refractivity contribution in [2.75, 3.05) is 4.90 Å². The number of halogens is 1. The molecule has 2 heterocycles. The number of hydrogen-bond donors (Lipinski definition) is 0. The molecule has 274 valence electrons. The van der Waals surface area contributed by atoms with Crippen molar-refractivity contribution in [3.05, 3.63) is 217 Å².